The van der Waals surface area contributed by atoms with Crippen LogP contribution in [0.15, 0.2) is 12.2 Å². The van der Waals surface area contributed by atoms with Gasteiger partial charge in [0, 0.05) is 12.0 Å². The van der Waals surface area contributed by atoms with E-state index in [9.17, 15) is 0 Å². The predicted molar refractivity (Wildman–Crippen MR) is 55.0 cm³/mol. The van der Waals surface area contributed by atoms with Gasteiger partial charge in [-0.25, -0.2) is 0 Å². The summed E-state index contributed by atoms with van der Waals surface area (Å²) in [5.41, 5.74) is 0.222. The van der Waals surface area contributed by atoms with Crippen LogP contribution in [0.25, 0.3) is 0 Å². The van der Waals surface area contributed by atoms with Gasteiger partial charge >= 0.3 is 0 Å². The molecule has 0 aromatic carbocycles. The Labute approximate surface area is 76.2 Å². The van der Waals surface area contributed by atoms with Gasteiger partial charge in [-0.2, -0.15) is 0 Å². The molecule has 0 aromatic rings. The van der Waals surface area contributed by atoms with E-state index in [1.54, 1.807) is 0 Å². The van der Waals surface area contributed by atoms with Crippen LogP contribution in [0.2, 0.25) is 0 Å². The summed E-state index contributed by atoms with van der Waals surface area (Å²) in [5, 5.41) is 3.40. The van der Waals surface area contributed by atoms with E-state index < -0.39 is 0 Å². The fourth-order valence-electron chi connectivity index (χ4n) is 0.800. The van der Waals surface area contributed by atoms with Crippen molar-refractivity contribution in [1.29, 1.82) is 0 Å². The molecule has 0 aromatic heterocycles. The molecule has 0 aliphatic heterocycles. The summed E-state index contributed by atoms with van der Waals surface area (Å²) in [6.07, 6.45) is 11.1. The Morgan fingerprint density at radius 1 is 1.33 bits per heavy atom. The summed E-state index contributed by atoms with van der Waals surface area (Å²) in [6, 6.07) is 0. The monoisotopic (exact) mass is 165 g/mol. The third-order valence-electron chi connectivity index (χ3n) is 1.37. The molecule has 0 saturated heterocycles. The summed E-state index contributed by atoms with van der Waals surface area (Å²) >= 11 is 0. The first kappa shape index (κ1) is 11.3. The predicted octanol–water partition coefficient (Wildman–Crippen LogP) is 2.34. The maximum absolute atomic E-state index is 5.10. The van der Waals surface area contributed by atoms with E-state index in [0.29, 0.717) is 0 Å². The molecule has 0 fully saturated rings. The Hall–Kier alpha value is -0.740. The third-order valence-corrected chi connectivity index (χ3v) is 1.37. The maximum atomic E-state index is 5.10. The van der Waals surface area contributed by atoms with E-state index in [4.69, 9.17) is 6.42 Å². The fourth-order valence-corrected chi connectivity index (χ4v) is 0.800. The summed E-state index contributed by atoms with van der Waals surface area (Å²) in [7, 11) is 0. The van der Waals surface area contributed by atoms with E-state index >= 15 is 0 Å². The van der Waals surface area contributed by atoms with Crippen LogP contribution in [0.1, 0.15) is 33.6 Å². The average Bonchev–Trinajstić information content (AvgIpc) is 1.94. The molecule has 1 heteroatoms. The van der Waals surface area contributed by atoms with Gasteiger partial charge in [-0.1, -0.05) is 12.2 Å². The SMILES string of the molecule is C#CCC=CCCNC(C)(C)C. The quantitative estimate of drug-likeness (QED) is 0.383. The van der Waals surface area contributed by atoms with Crippen molar-refractivity contribution in [3.05, 3.63) is 12.2 Å². The molecule has 0 aliphatic rings. The minimum Gasteiger partial charge on any atom is -0.312 e. The molecular formula is C11H19N. The van der Waals surface area contributed by atoms with Crippen LogP contribution >= 0.6 is 0 Å². The summed E-state index contributed by atoms with van der Waals surface area (Å²) in [6.45, 7) is 7.51. The maximum Gasteiger partial charge on any atom is 0.0267 e. The molecule has 0 saturated carbocycles. The van der Waals surface area contributed by atoms with Crippen LogP contribution in [0, 0.1) is 12.3 Å². The van der Waals surface area contributed by atoms with Crippen molar-refractivity contribution in [2.45, 2.75) is 39.2 Å². The van der Waals surface area contributed by atoms with Crippen LogP contribution in [0.4, 0.5) is 0 Å². The molecular weight excluding hydrogens is 146 g/mol. The van der Waals surface area contributed by atoms with Crippen molar-refractivity contribution in [3.63, 3.8) is 0 Å². The normalized spacial score (nSPS) is 11.8. The Morgan fingerprint density at radius 2 is 2.00 bits per heavy atom. The Bertz CT molecular complexity index is 166. The molecule has 1 N–H and O–H groups in total. The highest BCUT2D eigenvalue weighted by Crippen LogP contribution is 1.98. The van der Waals surface area contributed by atoms with Crippen molar-refractivity contribution in [2.24, 2.45) is 0 Å². The second-order valence-corrected chi connectivity index (χ2v) is 3.85. The lowest BCUT2D eigenvalue weighted by atomic mass is 10.1. The van der Waals surface area contributed by atoms with Gasteiger partial charge in [-0.3, -0.25) is 0 Å². The third kappa shape index (κ3) is 9.26. The molecule has 0 atom stereocenters. The van der Waals surface area contributed by atoms with Crippen molar-refractivity contribution in [1.82, 2.24) is 5.32 Å². The second-order valence-electron chi connectivity index (χ2n) is 3.85. The average molecular weight is 165 g/mol. The fraction of sp³-hybridized carbons (Fsp3) is 0.636. The molecule has 12 heavy (non-hydrogen) atoms. The van der Waals surface area contributed by atoms with Crippen molar-refractivity contribution in [3.8, 4) is 12.3 Å². The molecule has 68 valence electrons. The van der Waals surface area contributed by atoms with Crippen molar-refractivity contribution >= 4 is 0 Å². The van der Waals surface area contributed by atoms with Crippen LogP contribution in [0.5, 0.6) is 0 Å². The van der Waals surface area contributed by atoms with Crippen molar-refractivity contribution < 1.29 is 0 Å². The molecule has 0 unspecified atom stereocenters. The van der Waals surface area contributed by atoms with Gasteiger partial charge in [0.25, 0.3) is 0 Å². The van der Waals surface area contributed by atoms with Gasteiger partial charge in [0.15, 0.2) is 0 Å². The molecule has 0 heterocycles. The first-order valence-corrected chi connectivity index (χ1v) is 4.40. The van der Waals surface area contributed by atoms with Crippen LogP contribution < -0.4 is 5.32 Å². The number of terminal acetylenes is 1. The van der Waals surface area contributed by atoms with E-state index in [0.717, 1.165) is 19.4 Å². The summed E-state index contributed by atoms with van der Waals surface area (Å²) in [4.78, 5) is 0. The zero-order chi connectivity index (χ0) is 9.45. The molecule has 0 radical (unpaired) electrons. The van der Waals surface area contributed by atoms with Gasteiger partial charge < -0.3 is 5.32 Å². The smallest absolute Gasteiger partial charge is 0.0267 e. The van der Waals surface area contributed by atoms with Crippen LogP contribution in [-0.2, 0) is 0 Å². The van der Waals surface area contributed by atoms with Gasteiger partial charge in [0.2, 0.25) is 0 Å². The highest BCUT2D eigenvalue weighted by molar-refractivity contribution is 4.96. The Balaban J connectivity index is 3.29. The van der Waals surface area contributed by atoms with Gasteiger partial charge in [0.1, 0.15) is 0 Å². The topological polar surface area (TPSA) is 12.0 Å². The number of hydrogen-bond acceptors (Lipinski definition) is 1. The Kier molecular flexibility index (Phi) is 5.49. The Morgan fingerprint density at radius 3 is 2.50 bits per heavy atom. The van der Waals surface area contributed by atoms with Crippen molar-refractivity contribution in [2.75, 3.05) is 6.54 Å². The van der Waals surface area contributed by atoms with E-state index in [2.05, 4.69) is 38.1 Å². The lowest BCUT2D eigenvalue weighted by molar-refractivity contribution is 0.431. The lowest BCUT2D eigenvalue weighted by Crippen LogP contribution is -2.36. The molecule has 0 spiro atoms. The van der Waals surface area contributed by atoms with E-state index in [1.807, 2.05) is 6.08 Å². The zero-order valence-corrected chi connectivity index (χ0v) is 8.35. The van der Waals surface area contributed by atoms with Crippen LogP contribution in [-0.4, -0.2) is 12.1 Å². The number of nitrogens with one attached hydrogen (secondary N) is 1. The highest BCUT2D eigenvalue weighted by atomic mass is 14.9. The molecule has 0 amide bonds. The lowest BCUT2D eigenvalue weighted by Gasteiger charge is -2.19. The molecule has 1 nitrogen and oxygen atoms in total. The number of rotatable bonds is 4. The minimum atomic E-state index is 0.222. The largest absolute Gasteiger partial charge is 0.312 e. The second kappa shape index (κ2) is 5.85. The highest BCUT2D eigenvalue weighted by Gasteiger charge is 2.05. The summed E-state index contributed by atoms with van der Waals surface area (Å²) in [5.74, 6) is 2.57. The first-order chi connectivity index (χ1) is 5.56. The number of allylic oxidation sites excluding steroid dienone is 1. The first-order valence-electron chi connectivity index (χ1n) is 4.40. The molecule has 0 rings (SSSR count). The van der Waals surface area contributed by atoms with Gasteiger partial charge in [0.05, 0.1) is 0 Å². The number of hydrogen-bond donors (Lipinski definition) is 1. The molecule has 0 bridgehead atoms. The summed E-state index contributed by atoms with van der Waals surface area (Å²) < 4.78 is 0. The van der Waals surface area contributed by atoms with Gasteiger partial charge in [-0.15, -0.1) is 12.3 Å². The van der Waals surface area contributed by atoms with E-state index in [-0.39, 0.29) is 5.54 Å². The van der Waals surface area contributed by atoms with Gasteiger partial charge in [-0.05, 0) is 33.7 Å². The molecule has 0 aliphatic carbocycles. The van der Waals surface area contributed by atoms with E-state index in [1.165, 1.54) is 0 Å². The van der Waals surface area contributed by atoms with Crippen LogP contribution in [0.3, 0.4) is 0 Å². The standard InChI is InChI=1S/C11H19N/c1-5-6-7-8-9-10-12-11(2,3)4/h1,7-8,12H,6,9-10H2,2-4H3. The minimum absolute atomic E-state index is 0.222. The zero-order valence-electron chi connectivity index (χ0n) is 8.35.